The maximum Gasteiger partial charge on any atom is 0.387 e. The van der Waals surface area contributed by atoms with Crippen molar-refractivity contribution >= 4 is 17.4 Å². The SMILES string of the molecule is CC1=Nc2ccnc(OC(C)C)c2C(c2ccccc2OC(F)F)C1C(=O)OCCOc1ccccc1. The summed E-state index contributed by atoms with van der Waals surface area (Å²) in [6.45, 7) is 2.50. The van der Waals surface area contributed by atoms with Crippen LogP contribution in [0.2, 0.25) is 0 Å². The number of carbonyl (C=O) groups is 1. The first-order valence-corrected chi connectivity index (χ1v) is 11.9. The van der Waals surface area contributed by atoms with Gasteiger partial charge in [-0.05, 0) is 45.0 Å². The zero-order chi connectivity index (χ0) is 26.4. The Morgan fingerprint density at radius 3 is 2.43 bits per heavy atom. The number of hydrogen-bond acceptors (Lipinski definition) is 7. The van der Waals surface area contributed by atoms with Gasteiger partial charge in [0.25, 0.3) is 0 Å². The standard InChI is InChI=1S/C28H28F2N2O5/c1-17(2)36-26-25-21(13-14-31-26)32-18(3)23(24(25)20-11-7-8-12-22(20)37-28(29)30)27(33)35-16-15-34-19-9-5-4-6-10-19/h4-14,17,23-24,28H,15-16H2,1-3H3. The fourth-order valence-electron chi connectivity index (χ4n) is 4.31. The van der Waals surface area contributed by atoms with Gasteiger partial charge in [0.2, 0.25) is 5.88 Å². The van der Waals surface area contributed by atoms with Crippen LogP contribution in [0.25, 0.3) is 0 Å². The van der Waals surface area contributed by atoms with Crippen LogP contribution in [0.5, 0.6) is 17.4 Å². The van der Waals surface area contributed by atoms with Crippen LogP contribution in [0.4, 0.5) is 14.5 Å². The summed E-state index contributed by atoms with van der Waals surface area (Å²) in [4.78, 5) is 22.5. The Labute approximate surface area is 214 Å². The molecule has 1 aliphatic rings. The van der Waals surface area contributed by atoms with Gasteiger partial charge in [0.05, 0.1) is 11.8 Å². The van der Waals surface area contributed by atoms with Crippen molar-refractivity contribution in [2.24, 2.45) is 10.9 Å². The quantitative estimate of drug-likeness (QED) is 0.248. The summed E-state index contributed by atoms with van der Waals surface area (Å²) < 4.78 is 48.6. The largest absolute Gasteiger partial charge is 0.490 e. The second kappa shape index (κ2) is 11.8. The van der Waals surface area contributed by atoms with Crippen LogP contribution in [0.1, 0.15) is 37.8 Å². The second-order valence-corrected chi connectivity index (χ2v) is 8.67. The van der Waals surface area contributed by atoms with E-state index in [2.05, 4.69) is 9.98 Å². The molecule has 2 atom stereocenters. The van der Waals surface area contributed by atoms with Gasteiger partial charge in [0, 0.05) is 29.0 Å². The number of aliphatic imine (C=N–C) groups is 1. The molecule has 0 N–H and O–H groups in total. The predicted octanol–water partition coefficient (Wildman–Crippen LogP) is 5.95. The third kappa shape index (κ3) is 6.22. The molecule has 0 fully saturated rings. The average molecular weight is 511 g/mol. The van der Waals surface area contributed by atoms with Crippen LogP contribution in [-0.4, -0.2) is 42.6 Å². The van der Waals surface area contributed by atoms with Crippen LogP contribution in [-0.2, 0) is 9.53 Å². The average Bonchev–Trinajstić information content (AvgIpc) is 2.86. The normalized spacial score (nSPS) is 16.7. The van der Waals surface area contributed by atoms with Gasteiger partial charge >= 0.3 is 12.6 Å². The van der Waals surface area contributed by atoms with Gasteiger partial charge in [0.1, 0.15) is 30.6 Å². The molecule has 2 heterocycles. The number of benzene rings is 2. The fourth-order valence-corrected chi connectivity index (χ4v) is 4.31. The molecule has 1 aliphatic heterocycles. The highest BCUT2D eigenvalue weighted by atomic mass is 19.3. The van der Waals surface area contributed by atoms with E-state index < -0.39 is 24.4 Å². The highest BCUT2D eigenvalue weighted by molar-refractivity contribution is 6.05. The van der Waals surface area contributed by atoms with Crippen molar-refractivity contribution in [1.29, 1.82) is 0 Å². The second-order valence-electron chi connectivity index (χ2n) is 8.67. The first-order valence-electron chi connectivity index (χ1n) is 11.9. The molecule has 3 aromatic rings. The lowest BCUT2D eigenvalue weighted by molar-refractivity contribution is -0.147. The van der Waals surface area contributed by atoms with Gasteiger partial charge in [-0.1, -0.05) is 36.4 Å². The van der Waals surface area contributed by atoms with E-state index >= 15 is 0 Å². The van der Waals surface area contributed by atoms with Crippen LogP contribution in [0.15, 0.2) is 71.9 Å². The summed E-state index contributed by atoms with van der Waals surface area (Å²) in [5.74, 6) is -1.41. The molecule has 2 unspecified atom stereocenters. The number of fused-ring (bicyclic) bond motifs is 1. The smallest absolute Gasteiger partial charge is 0.387 e. The van der Waals surface area contributed by atoms with Crippen molar-refractivity contribution in [3.63, 3.8) is 0 Å². The van der Waals surface area contributed by atoms with Gasteiger partial charge in [0.15, 0.2) is 0 Å². The van der Waals surface area contributed by atoms with Crippen molar-refractivity contribution in [2.45, 2.75) is 39.4 Å². The molecule has 0 bridgehead atoms. The number of halogens is 2. The van der Waals surface area contributed by atoms with Gasteiger partial charge in [-0.3, -0.25) is 9.79 Å². The minimum atomic E-state index is -3.04. The number of hydrogen-bond donors (Lipinski definition) is 0. The van der Waals surface area contributed by atoms with Crippen molar-refractivity contribution in [1.82, 2.24) is 4.98 Å². The molecular weight excluding hydrogens is 482 g/mol. The highest BCUT2D eigenvalue weighted by Gasteiger charge is 2.42. The van der Waals surface area contributed by atoms with E-state index in [0.717, 1.165) is 0 Å². The van der Waals surface area contributed by atoms with E-state index in [1.54, 1.807) is 49.5 Å². The topological polar surface area (TPSA) is 79.2 Å². The molecule has 0 aliphatic carbocycles. The lowest BCUT2D eigenvalue weighted by Gasteiger charge is -2.33. The van der Waals surface area contributed by atoms with Crippen molar-refractivity contribution in [3.8, 4) is 17.4 Å². The molecule has 0 amide bonds. The Kier molecular flexibility index (Phi) is 8.32. The third-order valence-corrected chi connectivity index (χ3v) is 5.73. The van der Waals surface area contributed by atoms with Gasteiger partial charge in [-0.25, -0.2) is 4.98 Å². The van der Waals surface area contributed by atoms with Crippen LogP contribution >= 0.6 is 0 Å². The first-order chi connectivity index (χ1) is 17.8. The zero-order valence-electron chi connectivity index (χ0n) is 20.8. The molecule has 2 aromatic carbocycles. The maximum atomic E-state index is 13.5. The van der Waals surface area contributed by atoms with Crippen LogP contribution < -0.4 is 14.2 Å². The Hall–Kier alpha value is -4.01. The van der Waals surface area contributed by atoms with E-state index in [4.69, 9.17) is 18.9 Å². The lowest BCUT2D eigenvalue weighted by atomic mass is 9.76. The number of alkyl halides is 2. The summed E-state index contributed by atoms with van der Waals surface area (Å²) >= 11 is 0. The number of para-hydroxylation sites is 2. The zero-order valence-corrected chi connectivity index (χ0v) is 20.8. The Morgan fingerprint density at radius 1 is 0.973 bits per heavy atom. The number of pyridine rings is 1. The van der Waals surface area contributed by atoms with Gasteiger partial charge < -0.3 is 18.9 Å². The molecule has 9 heteroatoms. The predicted molar refractivity (Wildman–Crippen MR) is 134 cm³/mol. The molecule has 0 saturated carbocycles. The summed E-state index contributed by atoms with van der Waals surface area (Å²) in [6.07, 6.45) is 1.34. The van der Waals surface area contributed by atoms with E-state index in [0.29, 0.717) is 28.3 Å². The van der Waals surface area contributed by atoms with E-state index in [-0.39, 0.29) is 30.9 Å². The van der Waals surface area contributed by atoms with Gasteiger partial charge in [-0.15, -0.1) is 0 Å². The van der Waals surface area contributed by atoms with Gasteiger partial charge in [-0.2, -0.15) is 8.78 Å². The Morgan fingerprint density at radius 2 is 1.70 bits per heavy atom. The highest BCUT2D eigenvalue weighted by Crippen LogP contribution is 2.49. The van der Waals surface area contributed by atoms with Crippen molar-refractivity contribution in [3.05, 3.63) is 78.0 Å². The van der Waals surface area contributed by atoms with E-state index in [1.807, 2.05) is 32.0 Å². The first kappa shape index (κ1) is 26.1. The molecule has 1 aromatic heterocycles. The maximum absolute atomic E-state index is 13.5. The number of carbonyl (C=O) groups excluding carboxylic acids is 1. The number of rotatable bonds is 10. The molecule has 0 saturated heterocycles. The van der Waals surface area contributed by atoms with Crippen molar-refractivity contribution in [2.75, 3.05) is 13.2 Å². The fraction of sp³-hybridized carbons (Fsp3) is 0.321. The summed E-state index contributed by atoms with van der Waals surface area (Å²) in [5, 5.41) is 0. The monoisotopic (exact) mass is 510 g/mol. The van der Waals surface area contributed by atoms with Crippen LogP contribution in [0, 0.1) is 5.92 Å². The summed E-state index contributed by atoms with van der Waals surface area (Å²) in [7, 11) is 0. The van der Waals surface area contributed by atoms with E-state index in [9.17, 15) is 13.6 Å². The Bertz CT molecular complexity index is 1250. The summed E-state index contributed by atoms with van der Waals surface area (Å²) in [6, 6.07) is 17.2. The van der Waals surface area contributed by atoms with E-state index in [1.165, 1.54) is 6.07 Å². The lowest BCUT2D eigenvalue weighted by Crippen LogP contribution is -2.34. The minimum Gasteiger partial charge on any atom is -0.490 e. The summed E-state index contributed by atoms with van der Waals surface area (Å²) in [5.41, 5.74) is 1.90. The molecule has 7 nitrogen and oxygen atoms in total. The number of nitrogens with zero attached hydrogens (tertiary/aromatic N) is 2. The Balaban J connectivity index is 1.69. The third-order valence-electron chi connectivity index (χ3n) is 5.73. The molecule has 4 rings (SSSR count). The molecule has 37 heavy (non-hydrogen) atoms. The number of ether oxygens (including phenoxy) is 4. The molecular formula is C28H28F2N2O5. The van der Waals surface area contributed by atoms with Crippen molar-refractivity contribution < 1.29 is 32.5 Å². The number of esters is 1. The minimum absolute atomic E-state index is 0.00530. The molecule has 0 spiro atoms. The number of aromatic nitrogens is 1. The molecule has 194 valence electrons. The molecule has 0 radical (unpaired) electrons. The van der Waals surface area contributed by atoms with Crippen LogP contribution in [0.3, 0.4) is 0 Å².